The van der Waals surface area contributed by atoms with Crippen molar-refractivity contribution < 1.29 is 76.9 Å². The monoisotopic (exact) mass is 621 g/mol. The van der Waals surface area contributed by atoms with Crippen LogP contribution >= 0.6 is 15.6 Å². The molecule has 2 aliphatic rings. The molecule has 0 radical (unpaired) electrons. The van der Waals surface area contributed by atoms with E-state index in [1.54, 1.807) is 0 Å². The van der Waals surface area contributed by atoms with E-state index in [1.807, 2.05) is 4.98 Å². The van der Waals surface area contributed by atoms with Gasteiger partial charge in [0.2, 0.25) is 5.91 Å². The molecular formula is C17H25N3O18P2. The summed E-state index contributed by atoms with van der Waals surface area (Å²) < 4.78 is 46.9. The normalized spacial score (nSPS) is 34.1. The van der Waals surface area contributed by atoms with E-state index in [4.69, 9.17) is 24.0 Å². The predicted molar refractivity (Wildman–Crippen MR) is 121 cm³/mol. The molecule has 1 aromatic heterocycles. The number of ether oxygens (including phenoxy) is 3. The van der Waals surface area contributed by atoms with Gasteiger partial charge < -0.3 is 54.6 Å². The molecule has 3 heterocycles. The molecule has 0 aliphatic carbocycles. The summed E-state index contributed by atoms with van der Waals surface area (Å²) in [6.45, 7) is -0.127. The highest BCUT2D eigenvalue weighted by Gasteiger charge is 2.52. The summed E-state index contributed by atoms with van der Waals surface area (Å²) in [6, 6.07) is -0.694. The molecule has 226 valence electrons. The van der Waals surface area contributed by atoms with E-state index in [9.17, 15) is 53.6 Å². The number of aliphatic hydroxyl groups is 4. The van der Waals surface area contributed by atoms with Gasteiger partial charge in [0.1, 0.15) is 30.5 Å². The summed E-state index contributed by atoms with van der Waals surface area (Å²) in [5, 5.41) is 43.6. The van der Waals surface area contributed by atoms with Crippen LogP contribution in [0.5, 0.6) is 0 Å². The fourth-order valence-electron chi connectivity index (χ4n) is 3.85. The number of amides is 1. The molecule has 10 atom stereocenters. The average molecular weight is 621 g/mol. The molecule has 0 saturated carbocycles. The Balaban J connectivity index is 1.84. The second kappa shape index (κ2) is 12.2. The fourth-order valence-corrected chi connectivity index (χ4v) is 5.44. The maximum Gasteiger partial charge on any atom is 0.481 e. The van der Waals surface area contributed by atoms with E-state index in [-0.39, 0.29) is 0 Å². The Morgan fingerprint density at radius 2 is 1.73 bits per heavy atom. The second-order valence-electron chi connectivity index (χ2n) is 8.47. The van der Waals surface area contributed by atoms with E-state index >= 15 is 0 Å². The summed E-state index contributed by atoms with van der Waals surface area (Å²) >= 11 is 0. The third-order valence-corrected chi connectivity index (χ3v) is 7.67. The lowest BCUT2D eigenvalue weighted by Crippen LogP contribution is -2.65. The van der Waals surface area contributed by atoms with Gasteiger partial charge in [-0.15, -0.1) is 0 Å². The molecule has 0 spiro atoms. The van der Waals surface area contributed by atoms with Crippen molar-refractivity contribution in [3.05, 3.63) is 33.1 Å². The molecule has 2 fully saturated rings. The van der Waals surface area contributed by atoms with Crippen LogP contribution in [0, 0.1) is 0 Å². The molecular weight excluding hydrogens is 596 g/mol. The molecule has 2 aliphatic heterocycles. The van der Waals surface area contributed by atoms with E-state index < -0.39 is 101 Å². The van der Waals surface area contributed by atoms with Gasteiger partial charge in [-0.05, 0) is 0 Å². The van der Waals surface area contributed by atoms with Crippen LogP contribution in [0.1, 0.15) is 13.2 Å². The van der Waals surface area contributed by atoms with E-state index in [1.165, 1.54) is 0 Å². The maximum atomic E-state index is 12.8. The van der Waals surface area contributed by atoms with Crippen LogP contribution in [-0.2, 0) is 41.8 Å². The summed E-state index contributed by atoms with van der Waals surface area (Å²) in [4.78, 5) is 76.6. The number of aromatic nitrogens is 2. The molecule has 0 aromatic carbocycles. The van der Waals surface area contributed by atoms with Crippen molar-refractivity contribution in [3.63, 3.8) is 0 Å². The quantitative estimate of drug-likeness (QED) is 0.0919. The number of hydrogen-bond donors (Lipinski definition) is 9. The summed E-state index contributed by atoms with van der Waals surface area (Å²) in [5.41, 5.74) is -1.94. The van der Waals surface area contributed by atoms with Gasteiger partial charge in [0.15, 0.2) is 24.7 Å². The number of aromatic amines is 1. The Morgan fingerprint density at radius 3 is 2.30 bits per heavy atom. The number of phosphoric acid groups is 2. The molecule has 3 rings (SSSR count). The van der Waals surface area contributed by atoms with Gasteiger partial charge in [0.05, 0.1) is 6.61 Å². The smallest absolute Gasteiger partial charge is 0.455 e. The van der Waals surface area contributed by atoms with Crippen molar-refractivity contribution in [2.24, 2.45) is 0 Å². The first-order chi connectivity index (χ1) is 18.4. The van der Waals surface area contributed by atoms with Crippen molar-refractivity contribution in [2.45, 2.75) is 62.1 Å². The summed E-state index contributed by atoms with van der Waals surface area (Å²) in [5.74, 6) is -2.26. The van der Waals surface area contributed by atoms with Crippen LogP contribution in [0.3, 0.4) is 0 Å². The predicted octanol–water partition coefficient (Wildman–Crippen LogP) is -5.12. The number of esters is 1. The first-order valence-corrected chi connectivity index (χ1v) is 14.0. The topological polar surface area (TPSA) is 323 Å². The standard InChI is InChI=1S/C17H25N3O18P2/c1-5(21)18-8-9(23)10(24)13(37-15(8)26)16(27)36-12-6(4-34-40(32,33)38-39(29,30)31)35-14(11(12)25)20-3-2-7(22)19-17(20)28/h2-3,6,8-15,23-26H,4H2,1H3,(H,18,21)(H,32,33)(H,19,22,28)(H2,29,30,31)/t6-,8-,9-,10+,11-,12-,13+,14-,15?/m1/s1. The van der Waals surface area contributed by atoms with Crippen LogP contribution in [0.4, 0.5) is 0 Å². The number of phosphoric ester groups is 1. The zero-order valence-electron chi connectivity index (χ0n) is 20.0. The van der Waals surface area contributed by atoms with Crippen molar-refractivity contribution in [1.82, 2.24) is 14.9 Å². The van der Waals surface area contributed by atoms with Gasteiger partial charge >= 0.3 is 27.3 Å². The average Bonchev–Trinajstić information content (AvgIpc) is 3.11. The van der Waals surface area contributed by atoms with E-state index in [2.05, 4.69) is 14.2 Å². The number of rotatable bonds is 9. The fraction of sp³-hybridized carbons (Fsp3) is 0.647. The Bertz CT molecular complexity index is 1310. The third-order valence-electron chi connectivity index (χ3n) is 5.52. The van der Waals surface area contributed by atoms with E-state index in [0.717, 1.165) is 19.2 Å². The van der Waals surface area contributed by atoms with Crippen LogP contribution < -0.4 is 16.6 Å². The Kier molecular flexibility index (Phi) is 9.85. The van der Waals surface area contributed by atoms with E-state index in [0.29, 0.717) is 4.57 Å². The van der Waals surface area contributed by atoms with Gasteiger partial charge in [0, 0.05) is 19.2 Å². The van der Waals surface area contributed by atoms with Gasteiger partial charge in [-0.1, -0.05) is 0 Å². The molecule has 2 saturated heterocycles. The number of H-pyrrole nitrogens is 1. The Labute approximate surface area is 221 Å². The SMILES string of the molecule is CC(=O)N[C@H]1C(O)O[C@H](C(=O)O[C@H]2[C@@H](O)[C@H](n3ccc(=O)[nH]c3=O)O[C@@H]2COP(=O)(O)OP(=O)(O)O)[C@@H](O)[C@@H]1O. The third kappa shape index (κ3) is 7.68. The maximum absolute atomic E-state index is 12.8. The Morgan fingerprint density at radius 1 is 1.07 bits per heavy atom. The number of aliphatic hydroxyl groups excluding tert-OH is 4. The molecule has 2 unspecified atom stereocenters. The van der Waals surface area contributed by atoms with Gasteiger partial charge in [0.25, 0.3) is 5.56 Å². The molecule has 1 amide bonds. The summed E-state index contributed by atoms with van der Waals surface area (Å²) in [6.07, 6.45) is -14.8. The van der Waals surface area contributed by atoms with Gasteiger partial charge in [-0.2, -0.15) is 4.31 Å². The van der Waals surface area contributed by atoms with Crippen molar-refractivity contribution in [2.75, 3.05) is 6.61 Å². The van der Waals surface area contributed by atoms with Crippen molar-refractivity contribution in [3.8, 4) is 0 Å². The number of hydrogen-bond acceptors (Lipinski definition) is 15. The zero-order chi connectivity index (χ0) is 30.2. The lowest BCUT2D eigenvalue weighted by Gasteiger charge is -2.40. The lowest BCUT2D eigenvalue weighted by molar-refractivity contribution is -0.254. The van der Waals surface area contributed by atoms with Crippen LogP contribution in [-0.4, -0.2) is 112 Å². The van der Waals surface area contributed by atoms with Crippen LogP contribution in [0.25, 0.3) is 0 Å². The number of carbonyl (C=O) groups is 2. The molecule has 0 bridgehead atoms. The highest BCUT2D eigenvalue weighted by atomic mass is 31.3. The minimum absolute atomic E-state index is 0.634. The molecule has 9 N–H and O–H groups in total. The van der Waals surface area contributed by atoms with Crippen molar-refractivity contribution in [1.29, 1.82) is 0 Å². The zero-order valence-corrected chi connectivity index (χ0v) is 21.8. The number of carbonyl (C=O) groups excluding carboxylic acids is 2. The highest BCUT2D eigenvalue weighted by Crippen LogP contribution is 2.57. The second-order valence-corrected chi connectivity index (χ2v) is 11.3. The highest BCUT2D eigenvalue weighted by molar-refractivity contribution is 7.60. The number of nitrogens with one attached hydrogen (secondary N) is 2. The first-order valence-electron chi connectivity index (χ1n) is 11.0. The molecule has 23 heteroatoms. The van der Waals surface area contributed by atoms with Gasteiger partial charge in [-0.3, -0.25) is 23.7 Å². The van der Waals surface area contributed by atoms with Gasteiger partial charge in [-0.25, -0.2) is 18.7 Å². The van der Waals surface area contributed by atoms with Crippen molar-refractivity contribution >= 4 is 27.5 Å². The first kappa shape index (κ1) is 32.2. The minimum atomic E-state index is -5.53. The molecule has 21 nitrogen and oxygen atoms in total. The summed E-state index contributed by atoms with van der Waals surface area (Å²) in [7, 11) is -11.0. The minimum Gasteiger partial charge on any atom is -0.455 e. The van der Waals surface area contributed by atoms with Crippen LogP contribution in [0.15, 0.2) is 21.9 Å². The largest absolute Gasteiger partial charge is 0.481 e. The molecule has 40 heavy (non-hydrogen) atoms. The Hall–Kier alpha value is -2.36. The number of nitrogens with zero attached hydrogens (tertiary/aromatic N) is 1. The lowest BCUT2D eigenvalue weighted by atomic mass is 9.96. The molecule has 1 aromatic rings. The van der Waals surface area contributed by atoms with Crippen LogP contribution in [0.2, 0.25) is 0 Å².